The second-order valence-electron chi connectivity index (χ2n) is 17.3. The zero-order valence-corrected chi connectivity index (χ0v) is 37.5. The van der Waals surface area contributed by atoms with Crippen molar-refractivity contribution in [2.45, 2.75) is 77.6 Å². The largest absolute Gasteiger partial charge is 0.496 e. The highest BCUT2D eigenvalue weighted by atomic mass is 16.5. The van der Waals surface area contributed by atoms with E-state index in [0.29, 0.717) is 73.9 Å². The lowest BCUT2D eigenvalue weighted by atomic mass is 9.85. The van der Waals surface area contributed by atoms with Crippen LogP contribution in [0.25, 0.3) is 22.6 Å². The van der Waals surface area contributed by atoms with Gasteiger partial charge in [-0.2, -0.15) is 10.2 Å². The van der Waals surface area contributed by atoms with Gasteiger partial charge in [-0.3, -0.25) is 29.0 Å². The first kappa shape index (κ1) is 45.3. The van der Waals surface area contributed by atoms with Crippen LogP contribution in [0.15, 0.2) is 79.1 Å². The number of hydrogen-bond donors (Lipinski definition) is 4. The smallest absolute Gasteiger partial charge is 0.274 e. The molecule has 7 rings (SSSR count). The fourth-order valence-corrected chi connectivity index (χ4v) is 8.34. The number of piperidine rings is 1. The van der Waals surface area contributed by atoms with Crippen molar-refractivity contribution < 1.29 is 33.4 Å². The van der Waals surface area contributed by atoms with Gasteiger partial charge in [-0.15, -0.1) is 0 Å². The molecule has 4 N–H and O–H groups in total. The predicted molar refractivity (Wildman–Crippen MR) is 242 cm³/mol. The highest BCUT2D eigenvalue weighted by molar-refractivity contribution is 6.04. The molecule has 0 radical (unpaired) electrons. The molecule has 0 bridgehead atoms. The number of benzene rings is 2. The summed E-state index contributed by atoms with van der Waals surface area (Å²) in [4.78, 5) is 62.9. The first-order valence-electron chi connectivity index (χ1n) is 21.6. The molecule has 4 amide bonds. The van der Waals surface area contributed by atoms with Crippen LogP contribution in [0.2, 0.25) is 0 Å². The van der Waals surface area contributed by atoms with E-state index in [1.165, 1.54) is 0 Å². The second kappa shape index (κ2) is 19.7. The van der Waals surface area contributed by atoms with E-state index in [9.17, 15) is 19.2 Å². The number of methoxy groups -OCH3 is 2. The van der Waals surface area contributed by atoms with Crippen molar-refractivity contribution in [3.63, 3.8) is 0 Å². The van der Waals surface area contributed by atoms with Crippen LogP contribution in [-0.2, 0) is 26.2 Å². The molecule has 0 spiro atoms. The number of carbonyl (C=O) groups is 4. The molecule has 17 nitrogen and oxygen atoms in total. The van der Waals surface area contributed by atoms with Crippen LogP contribution in [0, 0.1) is 5.41 Å². The van der Waals surface area contributed by atoms with Crippen LogP contribution in [0.4, 0.5) is 11.4 Å². The van der Waals surface area contributed by atoms with Crippen LogP contribution in [-0.4, -0.2) is 112 Å². The molecule has 2 aromatic carbocycles. The van der Waals surface area contributed by atoms with Crippen LogP contribution in [0.1, 0.15) is 75.5 Å². The summed E-state index contributed by atoms with van der Waals surface area (Å²) in [5.41, 5.74) is 5.04. The summed E-state index contributed by atoms with van der Waals surface area (Å²) in [7, 11) is 5.03. The first-order valence-corrected chi connectivity index (χ1v) is 21.6. The fourth-order valence-electron chi connectivity index (χ4n) is 8.34. The summed E-state index contributed by atoms with van der Waals surface area (Å²) in [6.45, 7) is 9.15. The number of aromatic nitrogens is 5. The Balaban J connectivity index is 0.899. The van der Waals surface area contributed by atoms with Gasteiger partial charge in [0.05, 0.1) is 49.1 Å². The van der Waals surface area contributed by atoms with E-state index >= 15 is 0 Å². The number of nitrogens with one attached hydrogen (secondary N) is 4. The summed E-state index contributed by atoms with van der Waals surface area (Å²) in [6.07, 6.45) is 5.74. The lowest BCUT2D eigenvalue weighted by molar-refractivity contribution is -0.145. The summed E-state index contributed by atoms with van der Waals surface area (Å²) >= 11 is 0. The third-order valence-corrected chi connectivity index (χ3v) is 11.9. The van der Waals surface area contributed by atoms with Crippen molar-refractivity contribution in [2.24, 2.45) is 12.5 Å². The lowest BCUT2D eigenvalue weighted by Crippen LogP contribution is -2.58. The highest BCUT2D eigenvalue weighted by Gasteiger charge is 2.42. The third-order valence-electron chi connectivity index (χ3n) is 11.9. The average Bonchev–Trinajstić information content (AvgIpc) is 4.11. The minimum absolute atomic E-state index is 0.158. The Labute approximate surface area is 373 Å². The van der Waals surface area contributed by atoms with Gasteiger partial charge in [0, 0.05) is 62.0 Å². The van der Waals surface area contributed by atoms with Gasteiger partial charge < -0.3 is 40.0 Å². The molecule has 5 aromatic rings. The predicted octanol–water partition coefficient (Wildman–Crippen LogP) is 5.53. The van der Waals surface area contributed by atoms with Crippen LogP contribution in [0.5, 0.6) is 11.5 Å². The van der Waals surface area contributed by atoms with E-state index in [4.69, 9.17) is 14.2 Å². The normalized spacial score (nSPS) is 16.5. The molecule has 0 saturated carbocycles. The molecule has 3 atom stereocenters. The number of aromatic amines is 1. The summed E-state index contributed by atoms with van der Waals surface area (Å²) in [5, 5.41) is 20.0. The van der Waals surface area contributed by atoms with Crippen molar-refractivity contribution in [3.8, 4) is 34.1 Å². The Bertz CT molecular complexity index is 2440. The summed E-state index contributed by atoms with van der Waals surface area (Å²) in [6, 6.07) is 18.4. The van der Waals surface area contributed by atoms with Crippen molar-refractivity contribution in [1.29, 1.82) is 0 Å². The van der Waals surface area contributed by atoms with E-state index in [2.05, 4.69) is 41.1 Å². The Hall–Kier alpha value is -6.75. The van der Waals surface area contributed by atoms with E-state index < -0.39 is 29.4 Å². The Kier molecular flexibility index (Phi) is 14.0. The monoisotopic (exact) mass is 874 g/mol. The molecule has 338 valence electrons. The number of nitrogens with zero attached hydrogens (tertiary/aromatic N) is 6. The number of anilines is 2. The molecule has 2 aliphatic heterocycles. The molecule has 3 aromatic heterocycles. The van der Waals surface area contributed by atoms with Gasteiger partial charge in [0.25, 0.3) is 5.91 Å². The van der Waals surface area contributed by atoms with E-state index in [1.54, 1.807) is 60.5 Å². The van der Waals surface area contributed by atoms with Crippen LogP contribution < -0.4 is 30.3 Å². The van der Waals surface area contributed by atoms with Gasteiger partial charge in [0.1, 0.15) is 35.9 Å². The van der Waals surface area contributed by atoms with Gasteiger partial charge in [-0.1, -0.05) is 39.0 Å². The number of rotatable bonds is 15. The number of likely N-dealkylation sites (tertiary alicyclic amines) is 1. The van der Waals surface area contributed by atoms with Gasteiger partial charge in [0.15, 0.2) is 0 Å². The topological polar surface area (TPSA) is 198 Å². The molecular formula is C47H58N10O7. The molecule has 0 aliphatic carbocycles. The number of carbonyl (C=O) groups excluding carboxylic acids is 4. The Morgan fingerprint density at radius 2 is 1.67 bits per heavy atom. The number of hydrogen-bond acceptors (Lipinski definition) is 11. The minimum atomic E-state index is -0.873. The number of H-pyrrole nitrogens is 1. The van der Waals surface area contributed by atoms with E-state index in [-0.39, 0.29) is 36.1 Å². The maximum atomic E-state index is 14.2. The van der Waals surface area contributed by atoms with Crippen LogP contribution in [0.3, 0.4) is 0 Å². The maximum Gasteiger partial charge on any atom is 0.274 e. The molecule has 2 saturated heterocycles. The molecular weight excluding hydrogens is 817 g/mol. The SMILES string of the molecule is COc1cc(N2CCC(OCC(=O)N[C@H](C(=O)N3CCC[C@H]3C(=O)N[C@H](C)c3ccc(-c4ccnn4C)cc3OC)C(C)(C)C)CC2)ccc1NC(=O)c1cccc(-c2ccn[nH]2)n1. The Morgan fingerprint density at radius 3 is 2.36 bits per heavy atom. The first-order chi connectivity index (χ1) is 30.7. The molecule has 64 heavy (non-hydrogen) atoms. The quantitative estimate of drug-likeness (QED) is 0.103. The molecule has 17 heteroatoms. The standard InChI is InChI=1S/C47H58N10O7/c1-29(33-15-13-30(26-40(33)62-6)38-18-22-49-55(38)5)50-45(60)39-12-9-23-57(39)46(61)43(47(2,3)4)53-42(58)28-64-32-19-24-56(25-20-32)31-14-16-36(41(27-31)63-7)52-44(59)37-11-8-10-34(51-37)35-17-21-48-54-35/h8,10-11,13-18,21-22,26-27,29,32,39,43H,9,12,19-20,23-25,28H2,1-7H3,(H,48,54)(H,50,60)(H,52,59)(H,53,58)/t29-,39+,43-/m1/s1. The summed E-state index contributed by atoms with van der Waals surface area (Å²) in [5.74, 6) is -0.179. The summed E-state index contributed by atoms with van der Waals surface area (Å²) < 4.78 is 19.3. The van der Waals surface area contributed by atoms with Crippen LogP contribution >= 0.6 is 0 Å². The van der Waals surface area contributed by atoms with Gasteiger partial charge in [0.2, 0.25) is 17.7 Å². The van der Waals surface area contributed by atoms with Gasteiger partial charge in [-0.25, -0.2) is 4.98 Å². The van der Waals surface area contributed by atoms with Gasteiger partial charge in [-0.05, 0) is 80.5 Å². The average molecular weight is 875 g/mol. The molecule has 5 heterocycles. The number of pyridine rings is 1. The fraction of sp³-hybridized carbons (Fsp3) is 0.426. The molecule has 0 unspecified atom stereocenters. The van der Waals surface area contributed by atoms with Gasteiger partial charge >= 0.3 is 0 Å². The second-order valence-corrected chi connectivity index (χ2v) is 17.3. The number of aryl methyl sites for hydroxylation is 1. The lowest BCUT2D eigenvalue weighted by Gasteiger charge is -2.36. The van der Waals surface area contributed by atoms with Crippen molar-refractivity contribution >= 4 is 35.0 Å². The van der Waals surface area contributed by atoms with E-state index in [1.807, 2.05) is 77.2 Å². The molecule has 2 aliphatic rings. The third kappa shape index (κ3) is 10.4. The van der Waals surface area contributed by atoms with Crippen molar-refractivity contribution in [3.05, 3.63) is 90.4 Å². The minimum Gasteiger partial charge on any atom is -0.496 e. The maximum absolute atomic E-state index is 14.2. The molecule has 2 fully saturated rings. The van der Waals surface area contributed by atoms with Crippen molar-refractivity contribution in [2.75, 3.05) is 50.7 Å². The highest BCUT2D eigenvalue weighted by Crippen LogP contribution is 2.34. The number of amides is 4. The zero-order chi connectivity index (χ0) is 45.5. The number of ether oxygens (including phenoxy) is 3. The zero-order valence-electron chi connectivity index (χ0n) is 37.5. The Morgan fingerprint density at radius 1 is 0.891 bits per heavy atom. The van der Waals surface area contributed by atoms with Crippen molar-refractivity contribution in [1.82, 2.24) is 40.5 Å². The van der Waals surface area contributed by atoms with E-state index in [0.717, 1.165) is 22.5 Å².